The number of hydrogen-bond donors (Lipinski definition) is 2. The minimum Gasteiger partial charge on any atom is -0.341 e. The summed E-state index contributed by atoms with van der Waals surface area (Å²) in [5, 5.41) is 1.49. The molecule has 106 valence electrons. The van der Waals surface area contributed by atoms with Gasteiger partial charge in [-0.1, -0.05) is 18.5 Å². The summed E-state index contributed by atoms with van der Waals surface area (Å²) in [6.07, 6.45) is 2.35. The summed E-state index contributed by atoms with van der Waals surface area (Å²) in [6, 6.07) is 5.56. The highest BCUT2D eigenvalue weighted by molar-refractivity contribution is 6.31. The van der Waals surface area contributed by atoms with E-state index in [-0.39, 0.29) is 0 Å². The molecule has 1 aromatic heterocycles. The first-order valence-electron chi connectivity index (χ1n) is 6.86. The maximum absolute atomic E-state index is 6.02. The van der Waals surface area contributed by atoms with Crippen LogP contribution in [-0.2, 0) is 0 Å². The molecule has 2 heterocycles. The van der Waals surface area contributed by atoms with E-state index in [1.54, 1.807) is 0 Å². The molecule has 1 fully saturated rings. The van der Waals surface area contributed by atoms with E-state index in [0.717, 1.165) is 35.9 Å². The Labute approximate surface area is 123 Å². The lowest BCUT2D eigenvalue weighted by Gasteiger charge is -2.30. The summed E-state index contributed by atoms with van der Waals surface area (Å²) in [7, 11) is 0. The van der Waals surface area contributed by atoms with E-state index in [9.17, 15) is 0 Å². The Morgan fingerprint density at radius 3 is 2.75 bits per heavy atom. The normalized spacial score (nSPS) is 16.6. The Hall–Kier alpha value is -1.59. The number of nitrogens with two attached hydrogens (primary N) is 1. The monoisotopic (exact) mass is 291 g/mol. The molecule has 1 saturated heterocycles. The molecule has 3 N–H and O–H groups in total. The number of piperidine rings is 1. The highest BCUT2D eigenvalue weighted by Gasteiger charge is 2.19. The molecule has 0 unspecified atom stereocenters. The summed E-state index contributed by atoms with van der Waals surface area (Å²) in [5.74, 6) is 7.71. The van der Waals surface area contributed by atoms with Gasteiger partial charge in [0.05, 0.1) is 5.52 Å². The van der Waals surface area contributed by atoms with Gasteiger partial charge >= 0.3 is 0 Å². The number of rotatable bonds is 2. The minimum atomic E-state index is 0.617. The van der Waals surface area contributed by atoms with E-state index in [1.165, 1.54) is 12.8 Å². The number of halogens is 1. The van der Waals surface area contributed by atoms with Crippen LogP contribution in [0.2, 0.25) is 5.02 Å². The average molecular weight is 292 g/mol. The summed E-state index contributed by atoms with van der Waals surface area (Å²) in [5.41, 5.74) is 3.50. The fraction of sp³-hybridized carbons (Fsp3) is 0.429. The summed E-state index contributed by atoms with van der Waals surface area (Å²) in [4.78, 5) is 11.4. The second kappa shape index (κ2) is 5.42. The van der Waals surface area contributed by atoms with Crippen LogP contribution in [-0.4, -0.2) is 23.1 Å². The highest BCUT2D eigenvalue weighted by atomic mass is 35.5. The molecule has 0 atom stereocenters. The maximum atomic E-state index is 6.02. The Bertz CT molecular complexity index is 622. The van der Waals surface area contributed by atoms with Gasteiger partial charge in [-0.05, 0) is 37.0 Å². The highest BCUT2D eigenvalue weighted by Crippen LogP contribution is 2.27. The number of hydrazine groups is 1. The summed E-state index contributed by atoms with van der Waals surface area (Å²) in [6.45, 7) is 4.27. The number of nitrogens with zero attached hydrogens (tertiary/aromatic N) is 3. The van der Waals surface area contributed by atoms with Gasteiger partial charge in [0.2, 0.25) is 5.95 Å². The molecule has 0 aliphatic carbocycles. The first-order chi connectivity index (χ1) is 9.67. The van der Waals surface area contributed by atoms with Crippen LogP contribution in [0.1, 0.15) is 19.8 Å². The molecule has 0 amide bonds. The van der Waals surface area contributed by atoms with Crippen molar-refractivity contribution in [3.05, 3.63) is 23.2 Å². The molecule has 1 aliphatic heterocycles. The van der Waals surface area contributed by atoms with Crippen LogP contribution >= 0.6 is 11.6 Å². The number of benzene rings is 1. The van der Waals surface area contributed by atoms with Crippen LogP contribution in [0.5, 0.6) is 0 Å². The summed E-state index contributed by atoms with van der Waals surface area (Å²) >= 11 is 6.02. The van der Waals surface area contributed by atoms with E-state index >= 15 is 0 Å². The molecule has 20 heavy (non-hydrogen) atoms. The molecule has 3 rings (SSSR count). The quantitative estimate of drug-likeness (QED) is 0.658. The minimum absolute atomic E-state index is 0.617. The third kappa shape index (κ3) is 2.51. The van der Waals surface area contributed by atoms with Crippen LogP contribution in [0.3, 0.4) is 0 Å². The van der Waals surface area contributed by atoms with Crippen LogP contribution in [0.15, 0.2) is 18.2 Å². The van der Waals surface area contributed by atoms with Crippen molar-refractivity contribution >= 4 is 34.3 Å². The predicted octanol–water partition coefficient (Wildman–Crippen LogP) is 2.81. The Morgan fingerprint density at radius 2 is 2.05 bits per heavy atom. The molecule has 0 spiro atoms. The lowest BCUT2D eigenvalue weighted by molar-refractivity contribution is 0.435. The van der Waals surface area contributed by atoms with Gasteiger partial charge in [-0.15, -0.1) is 0 Å². The van der Waals surface area contributed by atoms with Crippen molar-refractivity contribution < 1.29 is 0 Å². The molecular weight excluding hydrogens is 274 g/mol. The van der Waals surface area contributed by atoms with E-state index in [4.69, 9.17) is 17.4 Å². The molecule has 0 radical (unpaired) electrons. The largest absolute Gasteiger partial charge is 0.341 e. The van der Waals surface area contributed by atoms with Crippen LogP contribution in [0.4, 0.5) is 11.8 Å². The van der Waals surface area contributed by atoms with Crippen molar-refractivity contribution in [3.8, 4) is 0 Å². The zero-order valence-electron chi connectivity index (χ0n) is 11.4. The van der Waals surface area contributed by atoms with Crippen LogP contribution in [0.25, 0.3) is 10.9 Å². The third-order valence-electron chi connectivity index (χ3n) is 3.85. The second-order valence-electron chi connectivity index (χ2n) is 5.35. The molecule has 1 aromatic carbocycles. The van der Waals surface area contributed by atoms with Gasteiger partial charge in [-0.25, -0.2) is 10.8 Å². The zero-order chi connectivity index (χ0) is 14.1. The van der Waals surface area contributed by atoms with Crippen molar-refractivity contribution in [2.75, 3.05) is 23.4 Å². The van der Waals surface area contributed by atoms with Gasteiger partial charge in [-0.3, -0.25) is 0 Å². The second-order valence-corrected chi connectivity index (χ2v) is 5.78. The number of fused-ring (bicyclic) bond motifs is 1. The third-order valence-corrected chi connectivity index (χ3v) is 4.08. The molecule has 1 aliphatic rings. The standard InChI is InChI=1S/C14H18ClN5/c1-9-4-6-20(7-5-9)14-17-12-3-2-10(15)8-11(12)13(18-14)19-16/h2-3,8-9H,4-7,16H2,1H3,(H,17,18,19). The topological polar surface area (TPSA) is 67.1 Å². The Balaban J connectivity index is 2.02. The number of nitrogen functional groups attached to an aromatic ring is 1. The van der Waals surface area contributed by atoms with Crippen molar-refractivity contribution in [2.24, 2.45) is 11.8 Å². The Kier molecular flexibility index (Phi) is 3.63. The fourth-order valence-electron chi connectivity index (χ4n) is 2.55. The van der Waals surface area contributed by atoms with Crippen LogP contribution < -0.4 is 16.2 Å². The van der Waals surface area contributed by atoms with Gasteiger partial charge in [-0.2, -0.15) is 4.98 Å². The van der Waals surface area contributed by atoms with Gasteiger partial charge in [0.1, 0.15) is 0 Å². The summed E-state index contributed by atoms with van der Waals surface area (Å²) < 4.78 is 0. The number of aromatic nitrogens is 2. The lowest BCUT2D eigenvalue weighted by Crippen LogP contribution is -2.34. The van der Waals surface area contributed by atoms with E-state index in [0.29, 0.717) is 10.8 Å². The van der Waals surface area contributed by atoms with Crippen molar-refractivity contribution in [1.82, 2.24) is 9.97 Å². The average Bonchev–Trinajstić information content (AvgIpc) is 2.47. The smallest absolute Gasteiger partial charge is 0.227 e. The molecule has 5 nitrogen and oxygen atoms in total. The number of anilines is 2. The van der Waals surface area contributed by atoms with E-state index in [2.05, 4.69) is 27.2 Å². The van der Waals surface area contributed by atoms with Crippen molar-refractivity contribution in [1.29, 1.82) is 0 Å². The number of nitrogens with one attached hydrogen (secondary N) is 1. The van der Waals surface area contributed by atoms with Crippen LogP contribution in [0, 0.1) is 5.92 Å². The molecule has 2 aromatic rings. The molecule has 6 heteroatoms. The van der Waals surface area contributed by atoms with Gasteiger partial charge < -0.3 is 10.3 Å². The lowest BCUT2D eigenvalue weighted by atomic mass is 10.00. The fourth-order valence-corrected chi connectivity index (χ4v) is 2.72. The SMILES string of the molecule is CC1CCN(c2nc(NN)c3cc(Cl)ccc3n2)CC1. The Morgan fingerprint density at radius 1 is 1.30 bits per heavy atom. The molecular formula is C14H18ClN5. The van der Waals surface area contributed by atoms with Gasteiger partial charge in [0, 0.05) is 23.5 Å². The van der Waals surface area contributed by atoms with Gasteiger partial charge in [0.25, 0.3) is 0 Å². The molecule has 0 bridgehead atoms. The first-order valence-corrected chi connectivity index (χ1v) is 7.24. The van der Waals surface area contributed by atoms with E-state index < -0.39 is 0 Å². The van der Waals surface area contributed by atoms with Gasteiger partial charge in [0.15, 0.2) is 5.82 Å². The first kappa shape index (κ1) is 13.4. The molecule has 0 saturated carbocycles. The maximum Gasteiger partial charge on any atom is 0.227 e. The number of hydrogen-bond acceptors (Lipinski definition) is 5. The predicted molar refractivity (Wildman–Crippen MR) is 83.0 cm³/mol. The zero-order valence-corrected chi connectivity index (χ0v) is 12.2. The van der Waals surface area contributed by atoms with Crippen molar-refractivity contribution in [2.45, 2.75) is 19.8 Å². The van der Waals surface area contributed by atoms with Crippen molar-refractivity contribution in [3.63, 3.8) is 0 Å². The van der Waals surface area contributed by atoms with E-state index in [1.807, 2.05) is 18.2 Å².